The first-order chi connectivity index (χ1) is 19.0. The summed E-state index contributed by atoms with van der Waals surface area (Å²) in [4.78, 5) is 23.7. The molecule has 216 valence electrons. The summed E-state index contributed by atoms with van der Waals surface area (Å²) in [5.74, 6) is 0.517. The molecule has 8 nitrogen and oxygen atoms in total. The smallest absolute Gasteiger partial charge is 0.262 e. The maximum absolute atomic E-state index is 13.3. The number of fused-ring (bicyclic) bond motifs is 1. The van der Waals surface area contributed by atoms with E-state index in [1.165, 1.54) is 0 Å². The molecule has 4 rings (SSSR count). The van der Waals surface area contributed by atoms with Crippen LogP contribution in [-0.2, 0) is 20.0 Å². The molecule has 1 aromatic carbocycles. The van der Waals surface area contributed by atoms with Gasteiger partial charge in [0.2, 0.25) is 0 Å². The highest BCUT2D eigenvalue weighted by Gasteiger charge is 2.23. The molecule has 3 aromatic heterocycles. The Morgan fingerprint density at radius 3 is 2.35 bits per heavy atom. The van der Waals surface area contributed by atoms with E-state index in [2.05, 4.69) is 52.7 Å². The van der Waals surface area contributed by atoms with Crippen LogP contribution in [-0.4, -0.2) is 54.9 Å². The normalized spacial score (nSPS) is 12.1. The van der Waals surface area contributed by atoms with Crippen LogP contribution in [0, 0.1) is 0 Å². The van der Waals surface area contributed by atoms with Gasteiger partial charge in [-0.1, -0.05) is 55.6 Å². The molecule has 0 spiro atoms. The molecule has 0 amide bonds. The average Bonchev–Trinajstić information content (AvgIpc) is 3.41. The van der Waals surface area contributed by atoms with E-state index in [0.717, 1.165) is 44.0 Å². The number of aromatic nitrogens is 5. The van der Waals surface area contributed by atoms with E-state index < -0.39 is 0 Å². The lowest BCUT2D eigenvalue weighted by Crippen LogP contribution is -2.37. The Hall–Kier alpha value is -2.36. The fourth-order valence-electron chi connectivity index (χ4n) is 4.96. The zero-order chi connectivity index (χ0) is 29.1. The standard InChI is InChI=1S/C29H38Cl3N7O/c1-7-11-38(18(4)5)12-10-33-16-21-9-8-20(37(21)6)15-24-34-28-25(29(40)35-24)26(17(2)3)36-39(28)27-22(31)13-19(30)14-23(27)32/h8-9,13-14,17-18,33H,7,10-12,15-16H2,1-6H3,(H,34,35,40). The van der Waals surface area contributed by atoms with Crippen molar-refractivity contribution in [3.63, 3.8) is 0 Å². The molecule has 0 saturated heterocycles. The van der Waals surface area contributed by atoms with Gasteiger partial charge >= 0.3 is 0 Å². The Morgan fingerprint density at radius 1 is 1.05 bits per heavy atom. The zero-order valence-corrected chi connectivity index (χ0v) is 26.3. The summed E-state index contributed by atoms with van der Waals surface area (Å²) in [5.41, 5.74) is 3.43. The first-order valence-corrected chi connectivity index (χ1v) is 14.9. The summed E-state index contributed by atoms with van der Waals surface area (Å²) in [7, 11) is 2.04. The van der Waals surface area contributed by atoms with Crippen LogP contribution in [0.25, 0.3) is 16.7 Å². The van der Waals surface area contributed by atoms with Crippen molar-refractivity contribution in [3.8, 4) is 5.69 Å². The van der Waals surface area contributed by atoms with Crippen molar-refractivity contribution in [2.45, 2.75) is 66.0 Å². The zero-order valence-electron chi connectivity index (χ0n) is 24.0. The molecule has 4 aromatic rings. The van der Waals surface area contributed by atoms with E-state index in [1.54, 1.807) is 16.8 Å². The largest absolute Gasteiger partial charge is 0.350 e. The maximum atomic E-state index is 13.3. The molecule has 0 aliphatic carbocycles. The van der Waals surface area contributed by atoms with Gasteiger partial charge in [-0.05, 0) is 57.0 Å². The third-order valence-electron chi connectivity index (χ3n) is 7.16. The quantitative estimate of drug-likeness (QED) is 0.184. The van der Waals surface area contributed by atoms with Crippen LogP contribution in [0.1, 0.15) is 69.9 Å². The van der Waals surface area contributed by atoms with Crippen molar-refractivity contribution in [3.05, 3.63) is 72.6 Å². The second-order valence-corrected chi connectivity index (χ2v) is 12.0. The molecule has 0 aliphatic heterocycles. The van der Waals surface area contributed by atoms with E-state index in [9.17, 15) is 4.79 Å². The molecule has 0 bridgehead atoms. The van der Waals surface area contributed by atoms with Crippen molar-refractivity contribution < 1.29 is 0 Å². The van der Waals surface area contributed by atoms with E-state index in [-0.39, 0.29) is 11.5 Å². The summed E-state index contributed by atoms with van der Waals surface area (Å²) < 4.78 is 3.71. The van der Waals surface area contributed by atoms with Crippen LogP contribution in [0.5, 0.6) is 0 Å². The number of hydrogen-bond acceptors (Lipinski definition) is 5. The highest BCUT2D eigenvalue weighted by atomic mass is 35.5. The monoisotopic (exact) mass is 605 g/mol. The minimum Gasteiger partial charge on any atom is -0.350 e. The second kappa shape index (κ2) is 13.1. The van der Waals surface area contributed by atoms with Crippen molar-refractivity contribution in [2.75, 3.05) is 19.6 Å². The lowest BCUT2D eigenvalue weighted by atomic mass is 10.1. The maximum Gasteiger partial charge on any atom is 0.262 e. The Bertz CT molecular complexity index is 1510. The lowest BCUT2D eigenvalue weighted by Gasteiger charge is -2.26. The third-order valence-corrected chi connectivity index (χ3v) is 7.95. The number of aromatic amines is 1. The van der Waals surface area contributed by atoms with Crippen molar-refractivity contribution in [1.29, 1.82) is 0 Å². The van der Waals surface area contributed by atoms with Gasteiger partial charge in [-0.2, -0.15) is 5.10 Å². The highest BCUT2D eigenvalue weighted by molar-refractivity contribution is 6.40. The van der Waals surface area contributed by atoms with Gasteiger partial charge in [0.1, 0.15) is 16.9 Å². The lowest BCUT2D eigenvalue weighted by molar-refractivity contribution is 0.222. The Labute approximate surface area is 250 Å². The predicted octanol–water partition coefficient (Wildman–Crippen LogP) is 6.33. The third kappa shape index (κ3) is 6.58. The van der Waals surface area contributed by atoms with Gasteiger partial charge in [0.25, 0.3) is 5.56 Å². The van der Waals surface area contributed by atoms with Crippen molar-refractivity contribution in [2.24, 2.45) is 7.05 Å². The van der Waals surface area contributed by atoms with E-state index in [1.807, 2.05) is 20.9 Å². The minimum absolute atomic E-state index is 0.0140. The Kier molecular flexibility index (Phi) is 10.0. The molecule has 40 heavy (non-hydrogen) atoms. The van der Waals surface area contributed by atoms with Gasteiger partial charge in [0.15, 0.2) is 5.65 Å². The number of hydrogen-bond donors (Lipinski definition) is 2. The van der Waals surface area contributed by atoms with Gasteiger partial charge in [-0.3, -0.25) is 9.69 Å². The number of nitrogens with zero attached hydrogens (tertiary/aromatic N) is 5. The Balaban J connectivity index is 1.60. The summed E-state index contributed by atoms with van der Waals surface area (Å²) >= 11 is 19.2. The van der Waals surface area contributed by atoms with Crippen LogP contribution >= 0.6 is 34.8 Å². The van der Waals surface area contributed by atoms with E-state index >= 15 is 0 Å². The molecule has 0 saturated carbocycles. The molecule has 0 unspecified atom stereocenters. The van der Waals surface area contributed by atoms with Gasteiger partial charge < -0.3 is 14.9 Å². The van der Waals surface area contributed by atoms with Crippen molar-refractivity contribution in [1.82, 2.24) is 34.5 Å². The molecule has 2 N–H and O–H groups in total. The first-order valence-electron chi connectivity index (χ1n) is 13.8. The topological polar surface area (TPSA) is 83.8 Å². The molecule has 0 atom stereocenters. The first kappa shape index (κ1) is 30.6. The fourth-order valence-corrected chi connectivity index (χ4v) is 5.94. The molecule has 0 radical (unpaired) electrons. The molecular weight excluding hydrogens is 569 g/mol. The van der Waals surface area contributed by atoms with Gasteiger partial charge in [0.05, 0.1) is 15.7 Å². The summed E-state index contributed by atoms with van der Waals surface area (Å²) in [6.07, 6.45) is 1.60. The average molecular weight is 607 g/mol. The van der Waals surface area contributed by atoms with Gasteiger partial charge in [-0.25, -0.2) is 9.67 Å². The fraction of sp³-hybridized carbons (Fsp3) is 0.483. The minimum atomic E-state index is -0.242. The highest BCUT2D eigenvalue weighted by Crippen LogP contribution is 2.34. The number of rotatable bonds is 12. The molecule has 0 aliphatic rings. The van der Waals surface area contributed by atoms with Crippen LogP contribution in [0.4, 0.5) is 0 Å². The number of nitrogens with one attached hydrogen (secondary N) is 2. The predicted molar refractivity (Wildman–Crippen MR) is 166 cm³/mol. The molecule has 11 heteroatoms. The summed E-state index contributed by atoms with van der Waals surface area (Å²) in [6, 6.07) is 7.92. The number of halogens is 3. The molecule has 3 heterocycles. The van der Waals surface area contributed by atoms with E-state index in [4.69, 9.17) is 44.9 Å². The molecular formula is C29H38Cl3N7O. The van der Waals surface area contributed by atoms with Gasteiger partial charge in [-0.15, -0.1) is 0 Å². The van der Waals surface area contributed by atoms with Crippen molar-refractivity contribution >= 4 is 45.8 Å². The Morgan fingerprint density at radius 2 is 1.73 bits per heavy atom. The van der Waals surface area contributed by atoms with E-state index in [0.29, 0.717) is 55.8 Å². The van der Waals surface area contributed by atoms with Crippen LogP contribution in [0.3, 0.4) is 0 Å². The van der Waals surface area contributed by atoms with Gasteiger partial charge in [0, 0.05) is 55.6 Å². The van der Waals surface area contributed by atoms with Crippen LogP contribution in [0.15, 0.2) is 29.1 Å². The summed E-state index contributed by atoms with van der Waals surface area (Å²) in [6.45, 7) is 14.5. The number of benzene rings is 1. The second-order valence-electron chi connectivity index (χ2n) is 10.7. The SMILES string of the molecule is CCCN(CCNCc1ccc(Cc2nc3c(c(C(C)C)nn3-c3c(Cl)cc(Cl)cc3Cl)c(=O)[nH]2)n1C)C(C)C. The molecule has 0 fully saturated rings. The van der Waals surface area contributed by atoms with Crippen LogP contribution in [0.2, 0.25) is 15.1 Å². The number of H-pyrrole nitrogens is 1. The summed E-state index contributed by atoms with van der Waals surface area (Å²) in [5, 5.41) is 9.78. The van der Waals surface area contributed by atoms with Crippen LogP contribution < -0.4 is 10.9 Å².